The molecule has 3 heteroatoms. The Hall–Kier alpha value is -0.570. The van der Waals surface area contributed by atoms with Crippen LogP contribution in [0.1, 0.15) is 58.3 Å². The highest BCUT2D eigenvalue weighted by Gasteiger charge is 2.38. The summed E-state index contributed by atoms with van der Waals surface area (Å²) in [5.74, 6) is 3.19. The second-order valence-electron chi connectivity index (χ2n) is 7.76. The number of carbonyl (C=O) groups is 1. The van der Waals surface area contributed by atoms with E-state index >= 15 is 0 Å². The van der Waals surface area contributed by atoms with Gasteiger partial charge in [0.05, 0.1) is 0 Å². The van der Waals surface area contributed by atoms with Gasteiger partial charge in [-0.25, -0.2) is 0 Å². The average molecular weight is 292 g/mol. The molecule has 2 saturated carbocycles. The van der Waals surface area contributed by atoms with Crippen LogP contribution in [-0.2, 0) is 4.79 Å². The van der Waals surface area contributed by atoms with Crippen molar-refractivity contribution in [2.24, 2.45) is 23.7 Å². The van der Waals surface area contributed by atoms with Gasteiger partial charge in [0.15, 0.2) is 0 Å². The lowest BCUT2D eigenvalue weighted by atomic mass is 9.67. The molecule has 0 bridgehead atoms. The van der Waals surface area contributed by atoms with Gasteiger partial charge in [-0.1, -0.05) is 32.6 Å². The van der Waals surface area contributed by atoms with Gasteiger partial charge in [-0.05, 0) is 50.5 Å². The summed E-state index contributed by atoms with van der Waals surface area (Å²) in [6, 6.07) is 0.586. The van der Waals surface area contributed by atoms with Crippen LogP contribution in [0.2, 0.25) is 0 Å². The van der Waals surface area contributed by atoms with Crippen LogP contribution in [-0.4, -0.2) is 37.0 Å². The van der Waals surface area contributed by atoms with Crippen LogP contribution in [0.4, 0.5) is 0 Å². The first-order chi connectivity index (χ1) is 10.2. The number of rotatable bonds is 2. The molecule has 2 aliphatic carbocycles. The topological polar surface area (TPSA) is 32.3 Å². The third-order valence-corrected chi connectivity index (χ3v) is 6.48. The molecule has 3 aliphatic rings. The first kappa shape index (κ1) is 15.3. The highest BCUT2D eigenvalue weighted by Crippen LogP contribution is 2.43. The zero-order chi connectivity index (χ0) is 14.8. The standard InChI is InChI=1S/C18H32N2O/c1-13-12-20(10-9-17(13)19-2)18(21)16-8-7-14-5-3-4-6-15(14)11-16/h13-17,19H,3-12H2,1-2H3. The number of nitrogens with zero attached hydrogens (tertiary/aromatic N) is 1. The number of amides is 1. The maximum absolute atomic E-state index is 12.9. The summed E-state index contributed by atoms with van der Waals surface area (Å²) < 4.78 is 0. The lowest BCUT2D eigenvalue weighted by molar-refractivity contribution is -0.140. The van der Waals surface area contributed by atoms with E-state index in [0.29, 0.717) is 23.8 Å². The molecule has 3 nitrogen and oxygen atoms in total. The normalized spacial score (nSPS) is 40.7. The molecule has 1 amide bonds. The van der Waals surface area contributed by atoms with Crippen LogP contribution in [0, 0.1) is 23.7 Å². The summed E-state index contributed by atoms with van der Waals surface area (Å²) in [5.41, 5.74) is 0. The highest BCUT2D eigenvalue weighted by molar-refractivity contribution is 5.79. The van der Waals surface area contributed by atoms with Crippen LogP contribution in [0.15, 0.2) is 0 Å². The van der Waals surface area contributed by atoms with Crippen molar-refractivity contribution in [2.45, 2.75) is 64.3 Å². The van der Waals surface area contributed by atoms with Crippen LogP contribution in [0.3, 0.4) is 0 Å². The van der Waals surface area contributed by atoms with Crippen molar-refractivity contribution in [1.29, 1.82) is 0 Å². The summed E-state index contributed by atoms with van der Waals surface area (Å²) >= 11 is 0. The number of piperidine rings is 1. The van der Waals surface area contributed by atoms with Gasteiger partial charge in [0.1, 0.15) is 0 Å². The van der Waals surface area contributed by atoms with E-state index in [1.54, 1.807) is 0 Å². The molecular formula is C18H32N2O. The van der Waals surface area contributed by atoms with Gasteiger partial charge in [-0.2, -0.15) is 0 Å². The molecule has 5 unspecified atom stereocenters. The Morgan fingerprint density at radius 2 is 1.81 bits per heavy atom. The molecule has 1 heterocycles. The summed E-state index contributed by atoms with van der Waals surface area (Å²) in [5, 5.41) is 3.39. The maximum Gasteiger partial charge on any atom is 0.225 e. The van der Waals surface area contributed by atoms with E-state index in [-0.39, 0.29) is 0 Å². The largest absolute Gasteiger partial charge is 0.342 e. The van der Waals surface area contributed by atoms with E-state index in [1.165, 1.54) is 38.5 Å². The van der Waals surface area contributed by atoms with Crippen molar-refractivity contribution in [3.05, 3.63) is 0 Å². The Kier molecular flexibility index (Phi) is 4.88. The predicted molar refractivity (Wildman–Crippen MR) is 86.0 cm³/mol. The fraction of sp³-hybridized carbons (Fsp3) is 0.944. The van der Waals surface area contributed by atoms with Crippen molar-refractivity contribution in [3.63, 3.8) is 0 Å². The van der Waals surface area contributed by atoms with Crippen molar-refractivity contribution < 1.29 is 4.79 Å². The molecular weight excluding hydrogens is 260 g/mol. The minimum Gasteiger partial charge on any atom is -0.342 e. The van der Waals surface area contributed by atoms with Gasteiger partial charge in [-0.3, -0.25) is 4.79 Å². The van der Waals surface area contributed by atoms with E-state index in [4.69, 9.17) is 0 Å². The lowest BCUT2D eigenvalue weighted by Crippen LogP contribution is -2.51. The van der Waals surface area contributed by atoms with E-state index in [1.807, 2.05) is 7.05 Å². The summed E-state index contributed by atoms with van der Waals surface area (Å²) in [7, 11) is 2.04. The van der Waals surface area contributed by atoms with E-state index in [2.05, 4.69) is 17.1 Å². The first-order valence-corrected chi connectivity index (χ1v) is 9.15. The van der Waals surface area contributed by atoms with Gasteiger partial charge < -0.3 is 10.2 Å². The zero-order valence-electron chi connectivity index (χ0n) is 13.8. The molecule has 0 spiro atoms. The fourth-order valence-electron chi connectivity index (χ4n) is 5.13. The third kappa shape index (κ3) is 3.28. The number of hydrogen-bond donors (Lipinski definition) is 1. The number of nitrogens with one attached hydrogen (secondary N) is 1. The number of likely N-dealkylation sites (tertiary alicyclic amines) is 1. The number of fused-ring (bicyclic) bond motifs is 1. The highest BCUT2D eigenvalue weighted by atomic mass is 16.2. The average Bonchev–Trinajstić information content (AvgIpc) is 2.53. The third-order valence-electron chi connectivity index (χ3n) is 6.48. The fourth-order valence-corrected chi connectivity index (χ4v) is 5.13. The number of hydrogen-bond acceptors (Lipinski definition) is 2. The van der Waals surface area contributed by atoms with Gasteiger partial charge in [-0.15, -0.1) is 0 Å². The monoisotopic (exact) mass is 292 g/mol. The Morgan fingerprint density at radius 1 is 1.05 bits per heavy atom. The van der Waals surface area contributed by atoms with Crippen LogP contribution in [0.5, 0.6) is 0 Å². The van der Waals surface area contributed by atoms with Gasteiger partial charge in [0.2, 0.25) is 5.91 Å². The Morgan fingerprint density at radius 3 is 2.52 bits per heavy atom. The van der Waals surface area contributed by atoms with Crippen LogP contribution < -0.4 is 5.32 Å². The lowest BCUT2D eigenvalue weighted by Gasteiger charge is -2.42. The van der Waals surface area contributed by atoms with E-state index < -0.39 is 0 Å². The molecule has 5 atom stereocenters. The Labute approximate surface area is 129 Å². The molecule has 3 rings (SSSR count). The van der Waals surface area contributed by atoms with Crippen LogP contribution >= 0.6 is 0 Å². The van der Waals surface area contributed by atoms with Gasteiger partial charge >= 0.3 is 0 Å². The predicted octanol–water partition coefficient (Wildman–Crippen LogP) is 3.05. The molecule has 1 N–H and O–H groups in total. The van der Waals surface area contributed by atoms with Gasteiger partial charge in [0.25, 0.3) is 0 Å². The minimum atomic E-state index is 0.336. The Balaban J connectivity index is 1.56. The van der Waals surface area contributed by atoms with Crippen LogP contribution in [0.25, 0.3) is 0 Å². The molecule has 21 heavy (non-hydrogen) atoms. The maximum atomic E-state index is 12.9. The molecule has 1 saturated heterocycles. The van der Waals surface area contributed by atoms with Crippen molar-refractivity contribution in [3.8, 4) is 0 Å². The Bertz CT molecular complexity index is 370. The first-order valence-electron chi connectivity index (χ1n) is 9.15. The molecule has 0 aromatic carbocycles. The van der Waals surface area contributed by atoms with Gasteiger partial charge in [0, 0.05) is 25.0 Å². The van der Waals surface area contributed by atoms with Crippen molar-refractivity contribution in [1.82, 2.24) is 10.2 Å². The molecule has 1 aliphatic heterocycles. The minimum absolute atomic E-state index is 0.336. The molecule has 0 aromatic heterocycles. The van der Waals surface area contributed by atoms with E-state index in [9.17, 15) is 4.79 Å². The smallest absolute Gasteiger partial charge is 0.225 e. The second-order valence-corrected chi connectivity index (χ2v) is 7.76. The number of carbonyl (C=O) groups excluding carboxylic acids is 1. The summed E-state index contributed by atoms with van der Waals surface area (Å²) in [6.45, 7) is 4.19. The molecule has 0 aromatic rings. The quantitative estimate of drug-likeness (QED) is 0.848. The van der Waals surface area contributed by atoms with Crippen molar-refractivity contribution in [2.75, 3.05) is 20.1 Å². The second kappa shape index (κ2) is 6.68. The molecule has 3 fully saturated rings. The molecule has 0 radical (unpaired) electrons. The zero-order valence-corrected chi connectivity index (χ0v) is 13.8. The van der Waals surface area contributed by atoms with Crippen molar-refractivity contribution >= 4 is 5.91 Å². The SMILES string of the molecule is CNC1CCN(C(=O)C2CCC3CCCCC3C2)CC1C. The summed E-state index contributed by atoms with van der Waals surface area (Å²) in [4.78, 5) is 15.0. The molecule has 120 valence electrons. The van der Waals surface area contributed by atoms with E-state index in [0.717, 1.165) is 37.8 Å². The summed E-state index contributed by atoms with van der Waals surface area (Å²) in [6.07, 6.45) is 10.4.